The van der Waals surface area contributed by atoms with Crippen molar-refractivity contribution in [1.82, 2.24) is 10.2 Å². The molecule has 76 valence electrons. The van der Waals surface area contributed by atoms with Crippen molar-refractivity contribution in [3.63, 3.8) is 0 Å². The average molecular weight is 182 g/mol. The van der Waals surface area contributed by atoms with Crippen LogP contribution in [-0.4, -0.2) is 37.6 Å². The molecule has 2 fully saturated rings. The standard InChI is InChI=1S/C11H22N2/c1-11(5-3-6-11)9-13(2)10-4-7-12-8-10/h10,12H,3-9H2,1-2H3. The molecular weight excluding hydrogens is 160 g/mol. The van der Waals surface area contributed by atoms with Gasteiger partial charge in [-0.2, -0.15) is 0 Å². The lowest BCUT2D eigenvalue weighted by Gasteiger charge is -2.42. The smallest absolute Gasteiger partial charge is 0.0229 e. The van der Waals surface area contributed by atoms with Crippen molar-refractivity contribution in [1.29, 1.82) is 0 Å². The van der Waals surface area contributed by atoms with Gasteiger partial charge in [0.2, 0.25) is 0 Å². The molecule has 0 spiro atoms. The molecule has 0 aromatic heterocycles. The maximum Gasteiger partial charge on any atom is 0.0229 e. The Hall–Kier alpha value is -0.0800. The van der Waals surface area contributed by atoms with Crippen molar-refractivity contribution in [3.05, 3.63) is 0 Å². The van der Waals surface area contributed by atoms with E-state index >= 15 is 0 Å². The minimum atomic E-state index is 0.650. The zero-order valence-electron chi connectivity index (χ0n) is 8.97. The topological polar surface area (TPSA) is 15.3 Å². The SMILES string of the molecule is CN(CC1(C)CCC1)C1CCNC1. The zero-order chi connectivity index (χ0) is 9.31. The maximum absolute atomic E-state index is 3.43. The van der Waals surface area contributed by atoms with E-state index in [0.29, 0.717) is 5.41 Å². The Morgan fingerprint density at radius 2 is 2.23 bits per heavy atom. The van der Waals surface area contributed by atoms with E-state index in [1.54, 1.807) is 0 Å². The van der Waals surface area contributed by atoms with Crippen LogP contribution in [0.3, 0.4) is 0 Å². The van der Waals surface area contributed by atoms with Crippen LogP contribution in [0, 0.1) is 5.41 Å². The Kier molecular flexibility index (Phi) is 2.61. The molecule has 1 heterocycles. The highest BCUT2D eigenvalue weighted by molar-refractivity contribution is 4.88. The molecule has 1 unspecified atom stereocenters. The molecule has 2 aliphatic rings. The molecule has 1 saturated carbocycles. The van der Waals surface area contributed by atoms with Crippen molar-refractivity contribution in [2.75, 3.05) is 26.7 Å². The van der Waals surface area contributed by atoms with Crippen LogP contribution < -0.4 is 5.32 Å². The highest BCUT2D eigenvalue weighted by Crippen LogP contribution is 2.41. The fourth-order valence-corrected chi connectivity index (χ4v) is 2.69. The predicted molar refractivity (Wildman–Crippen MR) is 55.9 cm³/mol. The van der Waals surface area contributed by atoms with Crippen LogP contribution in [0.15, 0.2) is 0 Å². The third-order valence-corrected chi connectivity index (χ3v) is 3.85. The highest BCUT2D eigenvalue weighted by Gasteiger charge is 2.34. The van der Waals surface area contributed by atoms with E-state index in [9.17, 15) is 0 Å². The molecule has 0 aromatic carbocycles. The van der Waals surface area contributed by atoms with Crippen molar-refractivity contribution >= 4 is 0 Å². The van der Waals surface area contributed by atoms with Gasteiger partial charge in [-0.25, -0.2) is 0 Å². The van der Waals surface area contributed by atoms with Crippen LogP contribution in [0.5, 0.6) is 0 Å². The van der Waals surface area contributed by atoms with Gasteiger partial charge in [0, 0.05) is 19.1 Å². The fraction of sp³-hybridized carbons (Fsp3) is 1.00. The van der Waals surface area contributed by atoms with Crippen molar-refractivity contribution in [2.24, 2.45) is 5.41 Å². The van der Waals surface area contributed by atoms with Crippen LogP contribution in [0.2, 0.25) is 0 Å². The summed E-state index contributed by atoms with van der Waals surface area (Å²) in [6, 6.07) is 0.803. The number of nitrogens with zero attached hydrogens (tertiary/aromatic N) is 1. The van der Waals surface area contributed by atoms with E-state index in [2.05, 4.69) is 24.2 Å². The van der Waals surface area contributed by atoms with Gasteiger partial charge in [0.05, 0.1) is 0 Å². The summed E-state index contributed by atoms with van der Waals surface area (Å²) >= 11 is 0. The molecule has 0 radical (unpaired) electrons. The molecule has 0 amide bonds. The van der Waals surface area contributed by atoms with Gasteiger partial charge in [0.1, 0.15) is 0 Å². The number of hydrogen-bond donors (Lipinski definition) is 1. The Balaban J connectivity index is 1.79. The first-order chi connectivity index (χ1) is 6.20. The van der Waals surface area contributed by atoms with E-state index in [1.165, 1.54) is 45.3 Å². The van der Waals surface area contributed by atoms with Gasteiger partial charge in [-0.15, -0.1) is 0 Å². The summed E-state index contributed by atoms with van der Waals surface area (Å²) in [5, 5.41) is 3.43. The van der Waals surface area contributed by atoms with Crippen molar-refractivity contribution in [3.8, 4) is 0 Å². The number of hydrogen-bond acceptors (Lipinski definition) is 2. The Morgan fingerprint density at radius 1 is 1.46 bits per heavy atom. The molecule has 2 heteroatoms. The molecule has 1 N–H and O–H groups in total. The number of nitrogens with one attached hydrogen (secondary N) is 1. The molecule has 2 nitrogen and oxygen atoms in total. The molecule has 0 bridgehead atoms. The summed E-state index contributed by atoms with van der Waals surface area (Å²) < 4.78 is 0. The normalized spacial score (nSPS) is 32.1. The summed E-state index contributed by atoms with van der Waals surface area (Å²) in [5.74, 6) is 0. The molecule has 13 heavy (non-hydrogen) atoms. The second kappa shape index (κ2) is 3.58. The average Bonchev–Trinajstić information content (AvgIpc) is 2.53. The van der Waals surface area contributed by atoms with Gasteiger partial charge >= 0.3 is 0 Å². The van der Waals surface area contributed by atoms with Crippen LogP contribution in [-0.2, 0) is 0 Å². The van der Waals surface area contributed by atoms with Crippen LogP contribution in [0.4, 0.5) is 0 Å². The minimum Gasteiger partial charge on any atom is -0.315 e. The lowest BCUT2D eigenvalue weighted by atomic mass is 9.70. The van der Waals surface area contributed by atoms with Gasteiger partial charge in [-0.05, 0) is 38.3 Å². The highest BCUT2D eigenvalue weighted by atomic mass is 15.2. The maximum atomic E-state index is 3.43. The van der Waals surface area contributed by atoms with Gasteiger partial charge < -0.3 is 10.2 Å². The molecule has 0 aromatic rings. The second-order valence-electron chi connectivity index (χ2n) is 5.23. The van der Waals surface area contributed by atoms with E-state index in [0.717, 1.165) is 6.04 Å². The van der Waals surface area contributed by atoms with E-state index < -0.39 is 0 Å². The van der Waals surface area contributed by atoms with Gasteiger partial charge in [0.25, 0.3) is 0 Å². The summed E-state index contributed by atoms with van der Waals surface area (Å²) in [7, 11) is 2.29. The summed E-state index contributed by atoms with van der Waals surface area (Å²) in [5.41, 5.74) is 0.650. The molecular formula is C11H22N2. The monoisotopic (exact) mass is 182 g/mol. The second-order valence-corrected chi connectivity index (χ2v) is 5.23. The van der Waals surface area contributed by atoms with Gasteiger partial charge in [-0.1, -0.05) is 13.3 Å². The minimum absolute atomic E-state index is 0.650. The van der Waals surface area contributed by atoms with Gasteiger partial charge in [-0.3, -0.25) is 0 Å². The Labute approximate surface area is 81.7 Å². The first-order valence-corrected chi connectivity index (χ1v) is 5.61. The van der Waals surface area contributed by atoms with E-state index in [-0.39, 0.29) is 0 Å². The van der Waals surface area contributed by atoms with Crippen LogP contribution in [0.1, 0.15) is 32.6 Å². The summed E-state index contributed by atoms with van der Waals surface area (Å²) in [4.78, 5) is 2.57. The third kappa shape index (κ3) is 2.05. The molecule has 1 atom stereocenters. The van der Waals surface area contributed by atoms with Crippen LogP contribution in [0.25, 0.3) is 0 Å². The summed E-state index contributed by atoms with van der Waals surface area (Å²) in [6.45, 7) is 6.16. The van der Waals surface area contributed by atoms with E-state index in [1.807, 2.05) is 0 Å². The lowest BCUT2D eigenvalue weighted by Crippen LogP contribution is -2.43. The van der Waals surface area contributed by atoms with Crippen LogP contribution >= 0.6 is 0 Å². The van der Waals surface area contributed by atoms with E-state index in [4.69, 9.17) is 0 Å². The van der Waals surface area contributed by atoms with Crippen molar-refractivity contribution < 1.29 is 0 Å². The molecule has 1 saturated heterocycles. The number of likely N-dealkylation sites (N-methyl/N-ethyl adjacent to an activating group) is 1. The number of rotatable bonds is 3. The first-order valence-electron chi connectivity index (χ1n) is 5.61. The zero-order valence-corrected chi connectivity index (χ0v) is 8.97. The fourth-order valence-electron chi connectivity index (χ4n) is 2.69. The molecule has 2 rings (SSSR count). The van der Waals surface area contributed by atoms with Gasteiger partial charge in [0.15, 0.2) is 0 Å². The van der Waals surface area contributed by atoms with Crippen molar-refractivity contribution in [2.45, 2.75) is 38.6 Å². The molecule has 1 aliphatic carbocycles. The lowest BCUT2D eigenvalue weighted by molar-refractivity contribution is 0.0809. The summed E-state index contributed by atoms with van der Waals surface area (Å²) in [6.07, 6.45) is 5.68. The Morgan fingerprint density at radius 3 is 2.69 bits per heavy atom. The third-order valence-electron chi connectivity index (χ3n) is 3.85. The largest absolute Gasteiger partial charge is 0.315 e. The molecule has 1 aliphatic heterocycles. The first kappa shape index (κ1) is 9.47. The predicted octanol–water partition coefficient (Wildman–Crippen LogP) is 1.47. The quantitative estimate of drug-likeness (QED) is 0.711. The Bertz CT molecular complexity index is 169.